The van der Waals surface area contributed by atoms with Gasteiger partial charge in [-0.25, -0.2) is 9.97 Å². The van der Waals surface area contributed by atoms with Crippen molar-refractivity contribution in [1.82, 2.24) is 19.9 Å². The predicted molar refractivity (Wildman–Crippen MR) is 58.1 cm³/mol. The molecule has 0 fully saturated rings. The number of anilines is 2. The van der Waals surface area contributed by atoms with Gasteiger partial charge in [0.15, 0.2) is 22.2 Å². The molecule has 0 saturated heterocycles. The molecule has 0 spiro atoms. The average molecular weight is 240 g/mol. The SMILES string of the molecule is Nc1nc(N)c2nc(C(Cl)=NO)cnc2n1. The van der Waals surface area contributed by atoms with Crippen LogP contribution in [0, 0.1) is 0 Å². The molecule has 2 rings (SSSR count). The summed E-state index contributed by atoms with van der Waals surface area (Å²) in [7, 11) is 0. The van der Waals surface area contributed by atoms with Crippen LogP contribution in [-0.2, 0) is 0 Å². The summed E-state index contributed by atoms with van der Waals surface area (Å²) in [5, 5.41) is 11.1. The zero-order valence-corrected chi connectivity index (χ0v) is 8.55. The van der Waals surface area contributed by atoms with Gasteiger partial charge in [-0.05, 0) is 0 Å². The molecule has 8 nitrogen and oxygen atoms in total. The van der Waals surface area contributed by atoms with Crippen molar-refractivity contribution in [2.75, 3.05) is 11.5 Å². The lowest BCUT2D eigenvalue weighted by molar-refractivity contribution is 0.320. The molecule has 0 radical (unpaired) electrons. The van der Waals surface area contributed by atoms with Gasteiger partial charge in [0.05, 0.1) is 6.20 Å². The normalized spacial score (nSPS) is 11.9. The first-order valence-electron chi connectivity index (χ1n) is 4.05. The van der Waals surface area contributed by atoms with Crippen LogP contribution in [0.4, 0.5) is 11.8 Å². The molecule has 0 aliphatic heterocycles. The van der Waals surface area contributed by atoms with E-state index in [0.29, 0.717) is 0 Å². The first kappa shape index (κ1) is 10.3. The van der Waals surface area contributed by atoms with Crippen LogP contribution in [0.15, 0.2) is 11.4 Å². The number of aromatic nitrogens is 4. The van der Waals surface area contributed by atoms with E-state index in [0.717, 1.165) is 0 Å². The number of rotatable bonds is 1. The minimum absolute atomic E-state index is 0.00831. The van der Waals surface area contributed by atoms with E-state index in [1.807, 2.05) is 0 Å². The number of fused-ring (bicyclic) bond motifs is 1. The number of halogens is 1. The van der Waals surface area contributed by atoms with Crippen LogP contribution in [0.25, 0.3) is 11.2 Å². The highest BCUT2D eigenvalue weighted by molar-refractivity contribution is 6.69. The summed E-state index contributed by atoms with van der Waals surface area (Å²) in [6.07, 6.45) is 1.29. The molecule has 0 unspecified atom stereocenters. The summed E-state index contributed by atoms with van der Waals surface area (Å²) in [6.45, 7) is 0. The van der Waals surface area contributed by atoms with Crippen LogP contribution < -0.4 is 11.5 Å². The molecular formula is C7H6ClN7O. The number of hydrogen-bond donors (Lipinski definition) is 3. The van der Waals surface area contributed by atoms with Crippen LogP contribution in [0.3, 0.4) is 0 Å². The smallest absolute Gasteiger partial charge is 0.224 e. The Morgan fingerprint density at radius 3 is 2.75 bits per heavy atom. The maximum atomic E-state index is 8.48. The van der Waals surface area contributed by atoms with E-state index in [1.165, 1.54) is 6.20 Å². The molecule has 0 bridgehead atoms. The summed E-state index contributed by atoms with van der Waals surface area (Å²) in [5.74, 6) is 0.0910. The molecule has 2 aromatic rings. The first-order chi connectivity index (χ1) is 7.61. The van der Waals surface area contributed by atoms with Crippen LogP contribution in [0.2, 0.25) is 0 Å². The van der Waals surface area contributed by atoms with Crippen LogP contribution in [0.5, 0.6) is 0 Å². The van der Waals surface area contributed by atoms with Crippen LogP contribution >= 0.6 is 11.6 Å². The first-order valence-corrected chi connectivity index (χ1v) is 4.43. The maximum Gasteiger partial charge on any atom is 0.224 e. The Kier molecular flexibility index (Phi) is 2.41. The molecule has 0 aliphatic rings. The fourth-order valence-corrected chi connectivity index (χ4v) is 1.19. The average Bonchev–Trinajstić information content (AvgIpc) is 2.27. The Hall–Kier alpha value is -2.22. The number of nitrogens with zero attached hydrogens (tertiary/aromatic N) is 5. The van der Waals surface area contributed by atoms with Crippen molar-refractivity contribution in [3.63, 3.8) is 0 Å². The molecule has 5 N–H and O–H groups in total. The second-order valence-corrected chi connectivity index (χ2v) is 3.14. The third kappa shape index (κ3) is 1.65. The third-order valence-corrected chi connectivity index (χ3v) is 2.02. The van der Waals surface area contributed by atoms with Gasteiger partial charge in [-0.2, -0.15) is 9.97 Å². The van der Waals surface area contributed by atoms with Gasteiger partial charge in [-0.3, -0.25) is 0 Å². The lowest BCUT2D eigenvalue weighted by Crippen LogP contribution is -2.05. The second-order valence-electron chi connectivity index (χ2n) is 2.79. The van der Waals surface area contributed by atoms with E-state index in [1.54, 1.807) is 0 Å². The molecule has 0 aromatic carbocycles. The Morgan fingerprint density at radius 1 is 1.31 bits per heavy atom. The summed E-state index contributed by atoms with van der Waals surface area (Å²) in [4.78, 5) is 15.5. The molecule has 16 heavy (non-hydrogen) atoms. The van der Waals surface area contributed by atoms with Crippen molar-refractivity contribution in [2.24, 2.45) is 5.16 Å². The molecule has 2 aromatic heterocycles. The van der Waals surface area contributed by atoms with E-state index in [9.17, 15) is 0 Å². The molecule has 0 saturated carbocycles. The van der Waals surface area contributed by atoms with Crippen molar-refractivity contribution >= 4 is 39.7 Å². The monoisotopic (exact) mass is 239 g/mol. The largest absolute Gasteiger partial charge is 0.410 e. The summed E-state index contributed by atoms with van der Waals surface area (Å²) >= 11 is 5.57. The van der Waals surface area contributed by atoms with Gasteiger partial charge in [0, 0.05) is 0 Å². The van der Waals surface area contributed by atoms with Crippen LogP contribution in [-0.4, -0.2) is 30.3 Å². The zero-order chi connectivity index (χ0) is 11.7. The number of oxime groups is 1. The molecule has 0 amide bonds. The summed E-state index contributed by atoms with van der Waals surface area (Å²) in [6, 6.07) is 0. The van der Waals surface area contributed by atoms with E-state index in [-0.39, 0.29) is 33.8 Å². The van der Waals surface area contributed by atoms with Gasteiger partial charge in [0.1, 0.15) is 5.69 Å². The maximum absolute atomic E-state index is 8.48. The highest BCUT2D eigenvalue weighted by Crippen LogP contribution is 2.15. The van der Waals surface area contributed by atoms with Crippen molar-refractivity contribution in [1.29, 1.82) is 0 Å². The lowest BCUT2D eigenvalue weighted by atomic mass is 10.4. The molecule has 0 aliphatic carbocycles. The number of nitrogens with two attached hydrogens (primary N) is 2. The van der Waals surface area contributed by atoms with Crippen molar-refractivity contribution in [2.45, 2.75) is 0 Å². The fraction of sp³-hybridized carbons (Fsp3) is 0. The highest BCUT2D eigenvalue weighted by atomic mass is 35.5. The molecule has 9 heteroatoms. The summed E-state index contributed by atoms with van der Waals surface area (Å²) in [5.41, 5.74) is 11.6. The van der Waals surface area contributed by atoms with Crippen molar-refractivity contribution < 1.29 is 5.21 Å². The highest BCUT2D eigenvalue weighted by Gasteiger charge is 2.10. The Labute approximate surface area is 94.0 Å². The quantitative estimate of drug-likeness (QED) is 0.361. The van der Waals surface area contributed by atoms with Gasteiger partial charge in [-0.15, -0.1) is 0 Å². The van der Waals surface area contributed by atoms with E-state index in [4.69, 9.17) is 28.3 Å². The fourth-order valence-electron chi connectivity index (χ4n) is 1.10. The van der Waals surface area contributed by atoms with Gasteiger partial charge in [-0.1, -0.05) is 16.8 Å². The third-order valence-electron chi connectivity index (χ3n) is 1.75. The summed E-state index contributed by atoms with van der Waals surface area (Å²) < 4.78 is 0. The standard InChI is InChI=1S/C7H6ClN7O/c8-4(15-16)2-1-11-6-3(12-2)5(9)13-7(10)14-6/h1,16H,(H4,9,10,11,13,14). The van der Waals surface area contributed by atoms with E-state index >= 15 is 0 Å². The minimum atomic E-state index is -0.203. The van der Waals surface area contributed by atoms with Gasteiger partial charge < -0.3 is 16.7 Å². The van der Waals surface area contributed by atoms with Gasteiger partial charge >= 0.3 is 0 Å². The number of hydrogen-bond acceptors (Lipinski definition) is 8. The Morgan fingerprint density at radius 2 is 2.06 bits per heavy atom. The Bertz CT molecular complexity index is 584. The molecule has 0 atom stereocenters. The van der Waals surface area contributed by atoms with E-state index in [2.05, 4.69) is 25.1 Å². The van der Waals surface area contributed by atoms with Gasteiger partial charge in [0.2, 0.25) is 5.95 Å². The topological polar surface area (TPSA) is 136 Å². The van der Waals surface area contributed by atoms with Crippen molar-refractivity contribution in [3.05, 3.63) is 11.9 Å². The second kappa shape index (κ2) is 3.74. The van der Waals surface area contributed by atoms with Crippen LogP contribution in [0.1, 0.15) is 5.69 Å². The molecule has 82 valence electrons. The van der Waals surface area contributed by atoms with E-state index < -0.39 is 0 Å². The zero-order valence-electron chi connectivity index (χ0n) is 7.79. The predicted octanol–water partition coefficient (Wildman–Crippen LogP) is -0.0412. The molecule has 2 heterocycles. The number of nitrogen functional groups attached to an aromatic ring is 2. The van der Waals surface area contributed by atoms with Crippen molar-refractivity contribution in [3.8, 4) is 0 Å². The Balaban J connectivity index is 2.71. The molecular weight excluding hydrogens is 234 g/mol. The van der Waals surface area contributed by atoms with Gasteiger partial charge in [0.25, 0.3) is 0 Å². The lowest BCUT2D eigenvalue weighted by Gasteiger charge is -2.02. The minimum Gasteiger partial charge on any atom is -0.410 e.